The number of halogens is 1. The molecule has 0 atom stereocenters. The molecule has 0 saturated heterocycles. The van der Waals surface area contributed by atoms with Crippen LogP contribution in [0.15, 0.2) is 76.2 Å². The molecule has 0 aliphatic rings. The lowest BCUT2D eigenvalue weighted by atomic mass is 10.1. The zero-order chi connectivity index (χ0) is 20.8. The minimum absolute atomic E-state index is 0.0354. The van der Waals surface area contributed by atoms with Gasteiger partial charge in [0.15, 0.2) is 0 Å². The summed E-state index contributed by atoms with van der Waals surface area (Å²) in [5.41, 5.74) is 0.794. The van der Waals surface area contributed by atoms with Gasteiger partial charge in [-0.2, -0.15) is 0 Å². The maximum absolute atomic E-state index is 12.8. The fourth-order valence-corrected chi connectivity index (χ4v) is 3.26. The van der Waals surface area contributed by atoms with Crippen LogP contribution in [0.3, 0.4) is 0 Å². The Morgan fingerprint density at radius 3 is 2.48 bits per heavy atom. The number of amides is 2. The van der Waals surface area contributed by atoms with E-state index in [4.69, 9.17) is 0 Å². The van der Waals surface area contributed by atoms with Crippen LogP contribution in [0.2, 0.25) is 0 Å². The van der Waals surface area contributed by atoms with Gasteiger partial charge in [-0.15, -0.1) is 11.3 Å². The highest BCUT2D eigenvalue weighted by Gasteiger charge is 2.16. The van der Waals surface area contributed by atoms with Crippen molar-refractivity contribution in [2.75, 3.05) is 5.32 Å². The molecule has 0 bridgehead atoms. The summed E-state index contributed by atoms with van der Waals surface area (Å²) in [5.74, 6) is -0.994. The minimum atomic E-state index is -0.552. The fraction of sp³-hybridized carbons (Fsp3) is 0. The summed E-state index contributed by atoms with van der Waals surface area (Å²) in [6, 6.07) is 16.1. The Hall–Kier alpha value is -3.30. The number of thiophene rings is 1. The summed E-state index contributed by atoms with van der Waals surface area (Å²) >= 11 is 4.56. The number of benzene rings is 2. The standard InChI is InChI=1S/C20H14BrN3O4S/c21-14-6-8-15(9-7-14)22-19(25)17(23-20(26)18-5-2-10-29-18)12-13-3-1-4-16(11-13)24(27)28/h1-12H,(H,22,25)(H,23,26)/b17-12-. The van der Waals surface area contributed by atoms with Crippen molar-refractivity contribution < 1.29 is 14.5 Å². The Bertz CT molecular complexity index is 1080. The van der Waals surface area contributed by atoms with Gasteiger partial charge in [0.25, 0.3) is 17.5 Å². The highest BCUT2D eigenvalue weighted by atomic mass is 79.9. The van der Waals surface area contributed by atoms with Crippen molar-refractivity contribution in [1.29, 1.82) is 0 Å². The van der Waals surface area contributed by atoms with E-state index in [1.54, 1.807) is 47.8 Å². The van der Waals surface area contributed by atoms with Gasteiger partial charge in [-0.25, -0.2) is 0 Å². The van der Waals surface area contributed by atoms with Gasteiger partial charge in [-0.05, 0) is 47.4 Å². The summed E-state index contributed by atoms with van der Waals surface area (Å²) in [6.07, 6.45) is 1.40. The van der Waals surface area contributed by atoms with Crippen LogP contribution in [0.4, 0.5) is 11.4 Å². The molecule has 3 aromatic rings. The second-order valence-electron chi connectivity index (χ2n) is 5.80. The molecule has 29 heavy (non-hydrogen) atoms. The SMILES string of the molecule is O=C(Nc1ccc(Br)cc1)/C(=C/c1cccc([N+](=O)[O-])c1)NC(=O)c1cccs1. The van der Waals surface area contributed by atoms with Crippen LogP contribution >= 0.6 is 27.3 Å². The van der Waals surface area contributed by atoms with Gasteiger partial charge in [0.05, 0.1) is 9.80 Å². The highest BCUT2D eigenvalue weighted by molar-refractivity contribution is 9.10. The van der Waals surface area contributed by atoms with E-state index in [9.17, 15) is 19.7 Å². The smallest absolute Gasteiger partial charge is 0.272 e. The molecule has 0 unspecified atom stereocenters. The van der Waals surface area contributed by atoms with E-state index in [-0.39, 0.29) is 11.4 Å². The second kappa shape index (κ2) is 9.26. The Kier molecular flexibility index (Phi) is 6.53. The zero-order valence-electron chi connectivity index (χ0n) is 14.8. The van der Waals surface area contributed by atoms with E-state index in [1.807, 2.05) is 0 Å². The molecule has 2 N–H and O–H groups in total. The molecule has 0 aliphatic carbocycles. The third-order valence-electron chi connectivity index (χ3n) is 3.73. The maximum Gasteiger partial charge on any atom is 0.272 e. The number of rotatable bonds is 6. The van der Waals surface area contributed by atoms with Crippen LogP contribution < -0.4 is 10.6 Å². The van der Waals surface area contributed by atoms with E-state index in [0.717, 1.165) is 4.47 Å². The normalized spacial score (nSPS) is 11.0. The second-order valence-corrected chi connectivity index (χ2v) is 7.67. The third kappa shape index (κ3) is 5.59. The zero-order valence-corrected chi connectivity index (χ0v) is 17.2. The van der Waals surface area contributed by atoms with Crippen LogP contribution in [0, 0.1) is 10.1 Å². The largest absolute Gasteiger partial charge is 0.321 e. The average Bonchev–Trinajstić information content (AvgIpc) is 3.24. The van der Waals surface area contributed by atoms with E-state index < -0.39 is 16.7 Å². The molecule has 0 spiro atoms. The number of hydrogen-bond acceptors (Lipinski definition) is 5. The first-order valence-corrected chi connectivity index (χ1v) is 9.97. The van der Waals surface area contributed by atoms with Gasteiger partial charge >= 0.3 is 0 Å². The number of carbonyl (C=O) groups excluding carboxylic acids is 2. The lowest BCUT2D eigenvalue weighted by Gasteiger charge is -2.11. The molecule has 1 heterocycles. The molecule has 0 saturated carbocycles. The van der Waals surface area contributed by atoms with Crippen molar-refractivity contribution in [2.24, 2.45) is 0 Å². The van der Waals surface area contributed by atoms with Crippen molar-refractivity contribution in [2.45, 2.75) is 0 Å². The highest BCUT2D eigenvalue weighted by Crippen LogP contribution is 2.18. The average molecular weight is 472 g/mol. The minimum Gasteiger partial charge on any atom is -0.321 e. The third-order valence-corrected chi connectivity index (χ3v) is 5.13. The molecule has 2 aromatic carbocycles. The first-order valence-electron chi connectivity index (χ1n) is 8.30. The Balaban J connectivity index is 1.91. The Morgan fingerprint density at radius 1 is 1.07 bits per heavy atom. The molecule has 7 nitrogen and oxygen atoms in total. The topological polar surface area (TPSA) is 101 Å². The van der Waals surface area contributed by atoms with Gasteiger partial charge in [0.1, 0.15) is 5.70 Å². The van der Waals surface area contributed by atoms with Gasteiger partial charge in [0.2, 0.25) is 0 Å². The predicted octanol–water partition coefficient (Wildman–Crippen LogP) is 4.83. The molecular weight excluding hydrogens is 458 g/mol. The molecule has 1 aromatic heterocycles. The maximum atomic E-state index is 12.8. The van der Waals surface area contributed by atoms with E-state index in [0.29, 0.717) is 16.1 Å². The molecule has 2 amide bonds. The summed E-state index contributed by atoms with van der Waals surface area (Å²) < 4.78 is 0.855. The van der Waals surface area contributed by atoms with Crippen LogP contribution in [0.5, 0.6) is 0 Å². The molecule has 3 rings (SSSR count). The number of anilines is 1. The number of non-ortho nitro benzene ring substituents is 1. The Labute approximate surface area is 178 Å². The lowest BCUT2D eigenvalue weighted by Crippen LogP contribution is -2.30. The molecular formula is C20H14BrN3O4S. The van der Waals surface area contributed by atoms with Crippen molar-refractivity contribution in [3.63, 3.8) is 0 Å². The van der Waals surface area contributed by atoms with Crippen molar-refractivity contribution in [1.82, 2.24) is 5.32 Å². The quantitative estimate of drug-likeness (QED) is 0.305. The summed E-state index contributed by atoms with van der Waals surface area (Å²) in [6.45, 7) is 0. The molecule has 0 fully saturated rings. The predicted molar refractivity (Wildman–Crippen MR) is 116 cm³/mol. The molecule has 0 radical (unpaired) electrons. The number of hydrogen-bond donors (Lipinski definition) is 2. The summed E-state index contributed by atoms with van der Waals surface area (Å²) in [5, 5.41) is 18.1. The van der Waals surface area contributed by atoms with Crippen LogP contribution in [0.25, 0.3) is 6.08 Å². The first-order chi connectivity index (χ1) is 13.9. The van der Waals surface area contributed by atoms with Crippen molar-refractivity contribution in [3.8, 4) is 0 Å². The van der Waals surface area contributed by atoms with E-state index in [2.05, 4.69) is 26.6 Å². The number of nitrogens with zero attached hydrogens (tertiary/aromatic N) is 1. The first kappa shape index (κ1) is 20.4. The monoisotopic (exact) mass is 471 g/mol. The van der Waals surface area contributed by atoms with Crippen LogP contribution in [-0.4, -0.2) is 16.7 Å². The lowest BCUT2D eigenvalue weighted by molar-refractivity contribution is -0.384. The number of nitro groups is 1. The number of nitrogens with one attached hydrogen (secondary N) is 2. The van der Waals surface area contributed by atoms with Gasteiger partial charge in [0, 0.05) is 22.3 Å². The summed E-state index contributed by atoms with van der Waals surface area (Å²) in [4.78, 5) is 36.2. The van der Waals surface area contributed by atoms with Crippen LogP contribution in [0.1, 0.15) is 15.2 Å². The molecule has 9 heteroatoms. The van der Waals surface area contributed by atoms with E-state index in [1.165, 1.54) is 35.6 Å². The molecule has 146 valence electrons. The number of carbonyl (C=O) groups is 2. The van der Waals surface area contributed by atoms with Crippen molar-refractivity contribution in [3.05, 3.63) is 96.8 Å². The van der Waals surface area contributed by atoms with Gasteiger partial charge in [-0.1, -0.05) is 34.1 Å². The van der Waals surface area contributed by atoms with Crippen LogP contribution in [-0.2, 0) is 4.79 Å². The number of nitro benzene ring substituents is 1. The van der Waals surface area contributed by atoms with Crippen molar-refractivity contribution >= 4 is 56.5 Å². The summed E-state index contributed by atoms with van der Waals surface area (Å²) in [7, 11) is 0. The Morgan fingerprint density at radius 2 is 1.83 bits per heavy atom. The van der Waals surface area contributed by atoms with Gasteiger partial charge in [-0.3, -0.25) is 19.7 Å². The van der Waals surface area contributed by atoms with Gasteiger partial charge < -0.3 is 10.6 Å². The fourth-order valence-electron chi connectivity index (χ4n) is 2.38. The van der Waals surface area contributed by atoms with E-state index >= 15 is 0 Å². The molecule has 0 aliphatic heterocycles.